The minimum Gasteiger partial charge on any atom is -0.297 e. The molecule has 0 spiro atoms. The Morgan fingerprint density at radius 2 is 1.57 bits per heavy atom. The van der Waals surface area contributed by atoms with Crippen molar-refractivity contribution in [3.05, 3.63) is 30.3 Å². The fourth-order valence-electron chi connectivity index (χ4n) is 1.69. The van der Waals surface area contributed by atoms with E-state index < -0.39 is 12.1 Å². The second-order valence-electron chi connectivity index (χ2n) is 4.40. The summed E-state index contributed by atoms with van der Waals surface area (Å²) in [5, 5.41) is 4.13. The number of para-hydroxylation sites is 1. The van der Waals surface area contributed by atoms with E-state index in [9.17, 15) is 14.4 Å². The summed E-state index contributed by atoms with van der Waals surface area (Å²) in [5.41, 5.74) is 5.58. The zero-order chi connectivity index (χ0) is 15.7. The van der Waals surface area contributed by atoms with Crippen molar-refractivity contribution in [1.29, 1.82) is 0 Å². The van der Waals surface area contributed by atoms with Crippen LogP contribution < -0.4 is 21.5 Å². The Kier molecular flexibility index (Phi) is 6.73. The Balaban J connectivity index is 2.34. The lowest BCUT2D eigenvalue weighted by Gasteiger charge is -2.12. The second-order valence-corrected chi connectivity index (χ2v) is 4.40. The van der Waals surface area contributed by atoms with Crippen LogP contribution in [0.3, 0.4) is 0 Å². The molecule has 0 bridgehead atoms. The maximum absolute atomic E-state index is 11.7. The number of hydrogen-bond donors (Lipinski definition) is 4. The molecule has 5 amide bonds. The van der Waals surface area contributed by atoms with Crippen LogP contribution in [0.5, 0.6) is 0 Å². The van der Waals surface area contributed by atoms with E-state index in [0.717, 1.165) is 0 Å². The molecule has 1 rings (SSSR count). The third kappa shape index (κ3) is 5.94. The van der Waals surface area contributed by atoms with Crippen LogP contribution in [-0.4, -0.2) is 18.0 Å². The van der Waals surface area contributed by atoms with Gasteiger partial charge in [-0.05, 0) is 25.0 Å². The highest BCUT2D eigenvalue weighted by molar-refractivity contribution is 6.02. The number of carbonyl (C=O) groups excluding carboxylic acids is 3. The van der Waals surface area contributed by atoms with Crippen LogP contribution in [0.1, 0.15) is 26.7 Å². The molecule has 1 aromatic carbocycles. The minimum absolute atomic E-state index is 0.235. The van der Waals surface area contributed by atoms with Crippen molar-refractivity contribution < 1.29 is 14.4 Å². The van der Waals surface area contributed by atoms with Gasteiger partial charge in [-0.15, -0.1) is 0 Å². The molecular weight excluding hydrogens is 272 g/mol. The standard InChI is InChI=1S/C14H20N4O3/c1-3-10(4-2)12(19)15-13(20)16-14(21)18-17-11-8-6-5-7-9-11/h5-10,17H,3-4H2,1-2H3,(H3,15,16,18,19,20,21). The van der Waals surface area contributed by atoms with Crippen molar-refractivity contribution in [2.75, 3.05) is 5.43 Å². The zero-order valence-electron chi connectivity index (χ0n) is 12.1. The van der Waals surface area contributed by atoms with Crippen LogP contribution in [0.15, 0.2) is 30.3 Å². The van der Waals surface area contributed by atoms with E-state index >= 15 is 0 Å². The Morgan fingerprint density at radius 3 is 2.14 bits per heavy atom. The lowest BCUT2D eigenvalue weighted by atomic mass is 10.0. The Hall–Kier alpha value is -2.57. The van der Waals surface area contributed by atoms with E-state index in [4.69, 9.17) is 0 Å². The first-order valence-electron chi connectivity index (χ1n) is 6.79. The molecule has 0 unspecified atom stereocenters. The van der Waals surface area contributed by atoms with Crippen molar-refractivity contribution in [1.82, 2.24) is 16.1 Å². The summed E-state index contributed by atoms with van der Waals surface area (Å²) < 4.78 is 0. The van der Waals surface area contributed by atoms with Gasteiger partial charge in [0.2, 0.25) is 5.91 Å². The quantitative estimate of drug-likeness (QED) is 0.624. The summed E-state index contributed by atoms with van der Waals surface area (Å²) in [4.78, 5) is 34.6. The van der Waals surface area contributed by atoms with Gasteiger partial charge in [0.05, 0.1) is 5.69 Å². The van der Waals surface area contributed by atoms with E-state index in [1.165, 1.54) is 0 Å². The van der Waals surface area contributed by atoms with Crippen LogP contribution in [0.25, 0.3) is 0 Å². The molecule has 1 aromatic rings. The summed E-state index contributed by atoms with van der Waals surface area (Å²) >= 11 is 0. The molecular formula is C14H20N4O3. The predicted molar refractivity (Wildman–Crippen MR) is 79.3 cm³/mol. The number of imide groups is 2. The average molecular weight is 292 g/mol. The van der Waals surface area contributed by atoms with Crippen molar-refractivity contribution >= 4 is 23.7 Å². The zero-order valence-corrected chi connectivity index (χ0v) is 12.1. The molecule has 0 fully saturated rings. The summed E-state index contributed by atoms with van der Waals surface area (Å²) in [6, 6.07) is 7.31. The normalized spacial score (nSPS) is 9.86. The predicted octanol–water partition coefficient (Wildman–Crippen LogP) is 1.99. The number of carbonyl (C=O) groups is 3. The van der Waals surface area contributed by atoms with Crippen LogP contribution in [0.2, 0.25) is 0 Å². The molecule has 0 saturated heterocycles. The number of amides is 5. The molecule has 0 radical (unpaired) electrons. The molecule has 21 heavy (non-hydrogen) atoms. The highest BCUT2D eigenvalue weighted by Gasteiger charge is 2.17. The molecule has 0 aliphatic carbocycles. The highest BCUT2D eigenvalue weighted by Crippen LogP contribution is 2.06. The van der Waals surface area contributed by atoms with Crippen molar-refractivity contribution in [3.8, 4) is 0 Å². The van der Waals surface area contributed by atoms with Crippen molar-refractivity contribution in [2.24, 2.45) is 5.92 Å². The molecule has 0 aromatic heterocycles. The monoisotopic (exact) mass is 292 g/mol. The maximum atomic E-state index is 11.7. The molecule has 7 heteroatoms. The van der Waals surface area contributed by atoms with Gasteiger partial charge < -0.3 is 0 Å². The number of rotatable bonds is 5. The van der Waals surface area contributed by atoms with Gasteiger partial charge in [-0.25, -0.2) is 9.59 Å². The van der Waals surface area contributed by atoms with Crippen LogP contribution in [0, 0.1) is 5.92 Å². The van der Waals surface area contributed by atoms with E-state index in [2.05, 4.69) is 16.2 Å². The van der Waals surface area contributed by atoms with Crippen LogP contribution in [-0.2, 0) is 4.79 Å². The van der Waals surface area contributed by atoms with E-state index in [1.807, 2.05) is 25.2 Å². The second kappa shape index (κ2) is 8.57. The number of urea groups is 2. The Bertz CT molecular complexity index is 486. The first kappa shape index (κ1) is 16.5. The Labute approximate surface area is 123 Å². The van der Waals surface area contributed by atoms with Gasteiger partial charge in [0.15, 0.2) is 0 Å². The van der Waals surface area contributed by atoms with Gasteiger partial charge in [-0.1, -0.05) is 32.0 Å². The van der Waals surface area contributed by atoms with Gasteiger partial charge in [0, 0.05) is 5.92 Å². The summed E-state index contributed by atoms with van der Waals surface area (Å²) in [6.45, 7) is 3.73. The molecule has 0 aliphatic heterocycles. The van der Waals surface area contributed by atoms with Gasteiger partial charge in [0.25, 0.3) is 0 Å². The maximum Gasteiger partial charge on any atom is 0.341 e. The van der Waals surface area contributed by atoms with Crippen molar-refractivity contribution in [2.45, 2.75) is 26.7 Å². The third-order valence-electron chi connectivity index (χ3n) is 2.91. The Morgan fingerprint density at radius 1 is 0.952 bits per heavy atom. The summed E-state index contributed by atoms with van der Waals surface area (Å²) in [7, 11) is 0. The van der Waals surface area contributed by atoms with Crippen molar-refractivity contribution in [3.63, 3.8) is 0 Å². The lowest BCUT2D eigenvalue weighted by molar-refractivity contribution is -0.124. The highest BCUT2D eigenvalue weighted by atomic mass is 16.2. The molecule has 114 valence electrons. The molecule has 4 N–H and O–H groups in total. The SMILES string of the molecule is CCC(CC)C(=O)NC(=O)NC(=O)NNc1ccccc1. The molecule has 0 saturated carbocycles. The minimum atomic E-state index is -0.848. The number of benzene rings is 1. The lowest BCUT2D eigenvalue weighted by Crippen LogP contribution is -2.49. The summed E-state index contributed by atoms with van der Waals surface area (Å²) in [6.07, 6.45) is 1.27. The average Bonchev–Trinajstić information content (AvgIpc) is 2.47. The number of hydrogen-bond acceptors (Lipinski definition) is 4. The topological polar surface area (TPSA) is 99.3 Å². The molecule has 0 atom stereocenters. The van der Waals surface area contributed by atoms with Gasteiger partial charge in [-0.3, -0.25) is 26.3 Å². The van der Waals surface area contributed by atoms with Gasteiger partial charge in [0.1, 0.15) is 0 Å². The number of anilines is 1. The van der Waals surface area contributed by atoms with E-state index in [-0.39, 0.29) is 11.8 Å². The molecule has 0 heterocycles. The smallest absolute Gasteiger partial charge is 0.297 e. The fourth-order valence-corrected chi connectivity index (χ4v) is 1.69. The van der Waals surface area contributed by atoms with E-state index in [0.29, 0.717) is 18.5 Å². The first-order valence-corrected chi connectivity index (χ1v) is 6.79. The first-order chi connectivity index (χ1) is 10.1. The van der Waals surface area contributed by atoms with Crippen LogP contribution in [0.4, 0.5) is 15.3 Å². The largest absolute Gasteiger partial charge is 0.341 e. The molecule has 7 nitrogen and oxygen atoms in total. The summed E-state index contributed by atoms with van der Waals surface area (Å²) in [5.74, 6) is -0.623. The number of nitrogens with one attached hydrogen (secondary N) is 4. The number of hydrazine groups is 1. The third-order valence-corrected chi connectivity index (χ3v) is 2.91. The molecule has 0 aliphatic rings. The van der Waals surface area contributed by atoms with E-state index in [1.54, 1.807) is 24.3 Å². The fraction of sp³-hybridized carbons (Fsp3) is 0.357. The van der Waals surface area contributed by atoms with Gasteiger partial charge >= 0.3 is 12.1 Å². The van der Waals surface area contributed by atoms with Crippen LogP contribution >= 0.6 is 0 Å². The van der Waals surface area contributed by atoms with Gasteiger partial charge in [-0.2, -0.15) is 0 Å².